The van der Waals surface area contributed by atoms with Gasteiger partial charge in [0.05, 0.1) is 12.6 Å². The van der Waals surface area contributed by atoms with Crippen molar-refractivity contribution in [2.45, 2.75) is 31.3 Å². The van der Waals surface area contributed by atoms with Crippen LogP contribution in [0, 0.1) is 0 Å². The van der Waals surface area contributed by atoms with Crippen LogP contribution < -0.4 is 5.32 Å². The Hall–Kier alpha value is -0.400. The van der Waals surface area contributed by atoms with Gasteiger partial charge in [0.25, 0.3) is 0 Å². The van der Waals surface area contributed by atoms with Gasteiger partial charge in [-0.15, -0.1) is 0 Å². The first-order chi connectivity index (χ1) is 7.92. The molecule has 1 saturated heterocycles. The van der Waals surface area contributed by atoms with Gasteiger partial charge in [0.2, 0.25) is 0 Å². The molecule has 0 aliphatic carbocycles. The van der Waals surface area contributed by atoms with E-state index in [1.165, 1.54) is 0 Å². The number of halogens is 4. The highest BCUT2D eigenvalue weighted by atomic mass is 19.3. The standard InChI is InChI=1S/C10H18F4N2O/c11-9(12)10(13,14)7-15-5-8(17)6-16-3-1-2-4-16/h8-9,15,17H,1-7H2. The fourth-order valence-electron chi connectivity index (χ4n) is 1.81. The van der Waals surface area contributed by atoms with Gasteiger partial charge >= 0.3 is 12.3 Å². The first-order valence-corrected chi connectivity index (χ1v) is 5.69. The molecule has 0 aromatic heterocycles. The van der Waals surface area contributed by atoms with Crippen LogP contribution in [0.25, 0.3) is 0 Å². The molecule has 1 atom stereocenters. The molecule has 0 aromatic rings. The lowest BCUT2D eigenvalue weighted by atomic mass is 10.3. The molecule has 0 radical (unpaired) electrons. The highest BCUT2D eigenvalue weighted by Crippen LogP contribution is 2.21. The first kappa shape index (κ1) is 14.7. The van der Waals surface area contributed by atoms with Gasteiger partial charge in [0.15, 0.2) is 0 Å². The van der Waals surface area contributed by atoms with E-state index in [1.807, 2.05) is 4.90 Å². The van der Waals surface area contributed by atoms with E-state index in [0.717, 1.165) is 25.9 Å². The van der Waals surface area contributed by atoms with E-state index in [9.17, 15) is 22.7 Å². The van der Waals surface area contributed by atoms with Crippen molar-refractivity contribution in [2.24, 2.45) is 0 Å². The monoisotopic (exact) mass is 258 g/mol. The predicted octanol–water partition coefficient (Wildman–Crippen LogP) is 0.933. The molecule has 1 aliphatic rings. The summed E-state index contributed by atoms with van der Waals surface area (Å²) in [7, 11) is 0. The molecule has 1 aliphatic heterocycles. The van der Waals surface area contributed by atoms with Crippen molar-refractivity contribution in [3.63, 3.8) is 0 Å². The lowest BCUT2D eigenvalue weighted by Gasteiger charge is -2.21. The molecule has 1 heterocycles. The molecule has 1 fully saturated rings. The third kappa shape index (κ3) is 5.18. The summed E-state index contributed by atoms with van der Waals surface area (Å²) in [5.41, 5.74) is 0. The number of hydrogen-bond acceptors (Lipinski definition) is 3. The van der Waals surface area contributed by atoms with Crippen molar-refractivity contribution in [3.05, 3.63) is 0 Å². The second-order valence-electron chi connectivity index (χ2n) is 4.35. The second-order valence-corrected chi connectivity index (χ2v) is 4.35. The maximum absolute atomic E-state index is 12.5. The molecule has 17 heavy (non-hydrogen) atoms. The van der Waals surface area contributed by atoms with Crippen LogP contribution in [0.5, 0.6) is 0 Å². The molecule has 0 amide bonds. The lowest BCUT2D eigenvalue weighted by molar-refractivity contribution is -0.125. The number of likely N-dealkylation sites (tertiary alicyclic amines) is 1. The van der Waals surface area contributed by atoms with Crippen molar-refractivity contribution < 1.29 is 22.7 Å². The fraction of sp³-hybridized carbons (Fsp3) is 1.00. The summed E-state index contributed by atoms with van der Waals surface area (Å²) in [5, 5.41) is 11.7. The van der Waals surface area contributed by atoms with Gasteiger partial charge < -0.3 is 15.3 Å². The number of nitrogens with zero attached hydrogens (tertiary/aromatic N) is 1. The zero-order chi connectivity index (χ0) is 12.9. The minimum Gasteiger partial charge on any atom is -0.390 e. The number of hydrogen-bond donors (Lipinski definition) is 2. The van der Waals surface area contributed by atoms with E-state index < -0.39 is 25.0 Å². The summed E-state index contributed by atoms with van der Waals surface area (Å²) in [6, 6.07) is 0. The van der Waals surface area contributed by atoms with Crippen molar-refractivity contribution in [1.29, 1.82) is 0 Å². The Morgan fingerprint density at radius 3 is 2.35 bits per heavy atom. The average molecular weight is 258 g/mol. The Bertz CT molecular complexity index is 222. The molecule has 1 unspecified atom stereocenters. The molecule has 0 bridgehead atoms. The zero-order valence-electron chi connectivity index (χ0n) is 9.51. The van der Waals surface area contributed by atoms with Gasteiger partial charge in [-0.25, -0.2) is 8.78 Å². The van der Waals surface area contributed by atoms with E-state index in [0.29, 0.717) is 6.54 Å². The Kier molecular flexibility index (Phi) is 5.61. The van der Waals surface area contributed by atoms with E-state index in [4.69, 9.17) is 0 Å². The lowest BCUT2D eigenvalue weighted by Crippen LogP contribution is -2.43. The predicted molar refractivity (Wildman–Crippen MR) is 55.5 cm³/mol. The van der Waals surface area contributed by atoms with Crippen molar-refractivity contribution in [2.75, 3.05) is 32.7 Å². The smallest absolute Gasteiger partial charge is 0.319 e. The van der Waals surface area contributed by atoms with E-state index in [2.05, 4.69) is 5.32 Å². The van der Waals surface area contributed by atoms with Gasteiger partial charge in [-0.3, -0.25) is 0 Å². The van der Waals surface area contributed by atoms with Crippen LogP contribution in [0.1, 0.15) is 12.8 Å². The second kappa shape index (κ2) is 6.51. The quantitative estimate of drug-likeness (QED) is 0.667. The van der Waals surface area contributed by atoms with Gasteiger partial charge in [-0.2, -0.15) is 8.78 Å². The Morgan fingerprint density at radius 2 is 1.82 bits per heavy atom. The maximum Gasteiger partial charge on any atom is 0.319 e. The zero-order valence-corrected chi connectivity index (χ0v) is 9.51. The van der Waals surface area contributed by atoms with Crippen molar-refractivity contribution in [3.8, 4) is 0 Å². The molecule has 7 heteroatoms. The topological polar surface area (TPSA) is 35.5 Å². The average Bonchev–Trinajstić information content (AvgIpc) is 2.69. The maximum atomic E-state index is 12.5. The van der Waals surface area contributed by atoms with Crippen molar-refractivity contribution >= 4 is 0 Å². The molecule has 102 valence electrons. The third-order valence-corrected chi connectivity index (χ3v) is 2.73. The molecule has 0 aromatic carbocycles. The van der Waals surface area contributed by atoms with Crippen LogP contribution in [0.4, 0.5) is 17.6 Å². The van der Waals surface area contributed by atoms with E-state index in [1.54, 1.807) is 0 Å². The number of aliphatic hydroxyl groups is 1. The minimum absolute atomic E-state index is 0.0984. The summed E-state index contributed by atoms with van der Waals surface area (Å²) in [6.07, 6.45) is -2.33. The van der Waals surface area contributed by atoms with Crippen LogP contribution in [0.3, 0.4) is 0 Å². The summed E-state index contributed by atoms with van der Waals surface area (Å²) in [6.45, 7) is 0.974. The number of β-amino-alcohol motifs (C(OH)–C–C–N with tert-alkyl or cyclic N) is 1. The van der Waals surface area contributed by atoms with Crippen LogP contribution in [0.2, 0.25) is 0 Å². The Balaban J connectivity index is 2.13. The number of nitrogens with one attached hydrogen (secondary N) is 1. The molecular weight excluding hydrogens is 240 g/mol. The first-order valence-electron chi connectivity index (χ1n) is 5.69. The SMILES string of the molecule is OC(CNCC(F)(F)C(F)F)CN1CCCC1. The van der Waals surface area contributed by atoms with Crippen molar-refractivity contribution in [1.82, 2.24) is 10.2 Å². The van der Waals surface area contributed by atoms with Gasteiger partial charge in [-0.05, 0) is 25.9 Å². The van der Waals surface area contributed by atoms with E-state index in [-0.39, 0.29) is 6.54 Å². The molecule has 0 spiro atoms. The molecule has 1 rings (SSSR count). The molecule has 0 saturated carbocycles. The summed E-state index contributed by atoms with van der Waals surface area (Å²) in [5.74, 6) is -4.03. The largest absolute Gasteiger partial charge is 0.390 e. The van der Waals surface area contributed by atoms with Gasteiger partial charge in [0, 0.05) is 13.1 Å². The van der Waals surface area contributed by atoms with Crippen LogP contribution in [0.15, 0.2) is 0 Å². The van der Waals surface area contributed by atoms with Crippen LogP contribution in [-0.2, 0) is 0 Å². The number of rotatable bonds is 7. The van der Waals surface area contributed by atoms with Gasteiger partial charge in [0.1, 0.15) is 0 Å². The fourth-order valence-corrected chi connectivity index (χ4v) is 1.81. The summed E-state index contributed by atoms with van der Waals surface area (Å²) in [4.78, 5) is 2.03. The van der Waals surface area contributed by atoms with Gasteiger partial charge in [-0.1, -0.05) is 0 Å². The molecule has 3 nitrogen and oxygen atoms in total. The Labute approximate surface area is 97.8 Å². The Morgan fingerprint density at radius 1 is 1.24 bits per heavy atom. The highest BCUT2D eigenvalue weighted by Gasteiger charge is 2.40. The number of alkyl halides is 4. The van der Waals surface area contributed by atoms with Crippen LogP contribution >= 0.6 is 0 Å². The highest BCUT2D eigenvalue weighted by molar-refractivity contribution is 4.75. The molecule has 2 N–H and O–H groups in total. The summed E-state index contributed by atoms with van der Waals surface area (Å²) < 4.78 is 48.6. The summed E-state index contributed by atoms with van der Waals surface area (Å²) >= 11 is 0. The normalized spacial score (nSPS) is 20.1. The van der Waals surface area contributed by atoms with Crippen LogP contribution in [-0.4, -0.2) is 61.2 Å². The minimum atomic E-state index is -4.03. The van der Waals surface area contributed by atoms with E-state index >= 15 is 0 Å². The third-order valence-electron chi connectivity index (χ3n) is 2.73. The molecular formula is C10H18F4N2O. The number of aliphatic hydroxyl groups excluding tert-OH is 1.